The summed E-state index contributed by atoms with van der Waals surface area (Å²) in [6, 6.07) is 0. The van der Waals surface area contributed by atoms with Gasteiger partial charge in [-0.25, -0.2) is 0 Å². The summed E-state index contributed by atoms with van der Waals surface area (Å²) in [6.07, 6.45) is 8.92. The Hall–Kier alpha value is -0.770. The molecule has 2 heterocycles. The molecule has 0 bridgehead atoms. The van der Waals surface area contributed by atoms with Gasteiger partial charge in [0.25, 0.3) is 0 Å². The number of rotatable bonds is 4. The lowest BCUT2D eigenvalue weighted by molar-refractivity contribution is -0.118. The van der Waals surface area contributed by atoms with Crippen LogP contribution in [-0.4, -0.2) is 26.6 Å². The molecule has 0 amide bonds. The van der Waals surface area contributed by atoms with Crippen LogP contribution >= 0.6 is 11.8 Å². The molecule has 0 spiro atoms. The monoisotopic (exact) mass is 238 g/mol. The Labute approximate surface area is 101 Å². The standard InChI is InChI=1S/C12H18N2OS/c1-14-9-10(8-13-14)5-6-11(15)12-4-2-3-7-16-12/h8-9,12H,2-7H2,1H3. The van der Waals surface area contributed by atoms with Crippen molar-refractivity contribution in [3.63, 3.8) is 0 Å². The molecule has 4 heteroatoms. The summed E-state index contributed by atoms with van der Waals surface area (Å²) in [5.74, 6) is 1.58. The molecule has 1 aliphatic heterocycles. The SMILES string of the molecule is Cn1cc(CCC(=O)C2CCCCS2)cn1. The van der Waals surface area contributed by atoms with Gasteiger partial charge in [-0.05, 0) is 30.6 Å². The minimum atomic E-state index is 0.269. The Morgan fingerprint density at radius 3 is 3.12 bits per heavy atom. The minimum Gasteiger partial charge on any atom is -0.298 e. The fourth-order valence-corrected chi connectivity index (χ4v) is 3.32. The van der Waals surface area contributed by atoms with E-state index in [-0.39, 0.29) is 5.25 Å². The molecule has 2 rings (SSSR count). The van der Waals surface area contributed by atoms with E-state index < -0.39 is 0 Å². The largest absolute Gasteiger partial charge is 0.298 e. The molecule has 0 aliphatic carbocycles. The summed E-state index contributed by atoms with van der Waals surface area (Å²) in [5, 5.41) is 4.38. The van der Waals surface area contributed by atoms with Crippen LogP contribution in [0.25, 0.3) is 0 Å². The molecule has 0 saturated carbocycles. The first-order valence-electron chi connectivity index (χ1n) is 5.87. The van der Waals surface area contributed by atoms with Crippen molar-refractivity contribution in [2.75, 3.05) is 5.75 Å². The van der Waals surface area contributed by atoms with Crippen LogP contribution in [0.1, 0.15) is 31.2 Å². The number of aryl methyl sites for hydroxylation is 2. The van der Waals surface area contributed by atoms with Crippen LogP contribution in [0.5, 0.6) is 0 Å². The van der Waals surface area contributed by atoms with Gasteiger partial charge >= 0.3 is 0 Å². The number of ketones is 1. The van der Waals surface area contributed by atoms with E-state index in [4.69, 9.17) is 0 Å². The van der Waals surface area contributed by atoms with Crippen molar-refractivity contribution in [1.82, 2.24) is 9.78 Å². The fourth-order valence-electron chi connectivity index (χ4n) is 2.02. The Bertz CT molecular complexity index is 356. The van der Waals surface area contributed by atoms with E-state index in [2.05, 4.69) is 5.10 Å². The molecule has 0 radical (unpaired) electrons. The predicted molar refractivity (Wildman–Crippen MR) is 66.6 cm³/mol. The number of carbonyl (C=O) groups excluding carboxylic acids is 1. The first kappa shape index (κ1) is 11.7. The van der Waals surface area contributed by atoms with Crippen LogP contribution in [0, 0.1) is 0 Å². The van der Waals surface area contributed by atoms with E-state index in [1.807, 2.05) is 31.2 Å². The summed E-state index contributed by atoms with van der Waals surface area (Å²) >= 11 is 1.84. The van der Waals surface area contributed by atoms with E-state index in [1.54, 1.807) is 4.68 Å². The van der Waals surface area contributed by atoms with E-state index in [0.717, 1.165) is 24.2 Å². The Balaban J connectivity index is 1.78. The van der Waals surface area contributed by atoms with E-state index >= 15 is 0 Å². The topological polar surface area (TPSA) is 34.9 Å². The molecule has 0 N–H and O–H groups in total. The van der Waals surface area contributed by atoms with Gasteiger partial charge in [0, 0.05) is 19.7 Å². The van der Waals surface area contributed by atoms with Gasteiger partial charge in [0.05, 0.1) is 11.4 Å². The van der Waals surface area contributed by atoms with Crippen molar-refractivity contribution < 1.29 is 4.79 Å². The number of nitrogens with zero attached hydrogens (tertiary/aromatic N) is 2. The fraction of sp³-hybridized carbons (Fsp3) is 0.667. The van der Waals surface area contributed by atoms with Gasteiger partial charge in [-0.3, -0.25) is 9.48 Å². The number of Topliss-reactive ketones (excluding diaryl/α,β-unsaturated/α-hetero) is 1. The summed E-state index contributed by atoms with van der Waals surface area (Å²) in [5.41, 5.74) is 1.16. The molecule has 88 valence electrons. The van der Waals surface area contributed by atoms with Crippen molar-refractivity contribution in [2.45, 2.75) is 37.4 Å². The normalized spacial score (nSPS) is 20.9. The highest BCUT2D eigenvalue weighted by atomic mass is 32.2. The summed E-state index contributed by atoms with van der Waals surface area (Å²) in [4.78, 5) is 11.9. The van der Waals surface area contributed by atoms with E-state index in [9.17, 15) is 4.79 Å². The Kier molecular flexibility index (Phi) is 4.04. The molecule has 1 fully saturated rings. The van der Waals surface area contributed by atoms with E-state index in [0.29, 0.717) is 12.2 Å². The van der Waals surface area contributed by atoms with Gasteiger partial charge in [0.1, 0.15) is 5.78 Å². The van der Waals surface area contributed by atoms with Gasteiger partial charge in [0.15, 0.2) is 0 Å². The summed E-state index contributed by atoms with van der Waals surface area (Å²) in [6.45, 7) is 0. The van der Waals surface area contributed by atoms with Gasteiger partial charge in [-0.1, -0.05) is 6.42 Å². The molecule has 0 aromatic carbocycles. The maximum absolute atomic E-state index is 11.9. The van der Waals surface area contributed by atoms with Gasteiger partial charge < -0.3 is 0 Å². The molecule has 3 nitrogen and oxygen atoms in total. The third-order valence-corrected chi connectivity index (χ3v) is 4.38. The minimum absolute atomic E-state index is 0.269. The number of hydrogen-bond donors (Lipinski definition) is 0. The lowest BCUT2D eigenvalue weighted by Crippen LogP contribution is -2.21. The molecule has 16 heavy (non-hydrogen) atoms. The molecular weight excluding hydrogens is 220 g/mol. The van der Waals surface area contributed by atoms with Crippen molar-refractivity contribution in [2.24, 2.45) is 7.05 Å². The van der Waals surface area contributed by atoms with Gasteiger partial charge in [-0.2, -0.15) is 16.9 Å². The van der Waals surface area contributed by atoms with Crippen LogP contribution in [0.3, 0.4) is 0 Å². The second-order valence-electron chi connectivity index (χ2n) is 4.34. The summed E-state index contributed by atoms with van der Waals surface area (Å²) in [7, 11) is 1.91. The lowest BCUT2D eigenvalue weighted by Gasteiger charge is -2.19. The maximum Gasteiger partial charge on any atom is 0.146 e. The average Bonchev–Trinajstić information content (AvgIpc) is 2.73. The second kappa shape index (κ2) is 5.53. The summed E-state index contributed by atoms with van der Waals surface area (Å²) < 4.78 is 1.79. The number of aromatic nitrogens is 2. The van der Waals surface area contributed by atoms with Crippen LogP contribution < -0.4 is 0 Å². The predicted octanol–water partition coefficient (Wildman–Crippen LogP) is 2.21. The Morgan fingerprint density at radius 2 is 2.50 bits per heavy atom. The highest BCUT2D eigenvalue weighted by Crippen LogP contribution is 2.26. The highest BCUT2D eigenvalue weighted by Gasteiger charge is 2.21. The first-order chi connectivity index (χ1) is 7.75. The molecule has 1 aromatic heterocycles. The molecule has 1 saturated heterocycles. The first-order valence-corrected chi connectivity index (χ1v) is 6.92. The van der Waals surface area contributed by atoms with Gasteiger partial charge in [-0.15, -0.1) is 0 Å². The van der Waals surface area contributed by atoms with Crippen molar-refractivity contribution in [3.8, 4) is 0 Å². The zero-order chi connectivity index (χ0) is 11.4. The number of hydrogen-bond acceptors (Lipinski definition) is 3. The third-order valence-electron chi connectivity index (χ3n) is 2.96. The molecular formula is C12H18N2OS. The van der Waals surface area contributed by atoms with E-state index in [1.165, 1.54) is 12.8 Å². The maximum atomic E-state index is 11.9. The van der Waals surface area contributed by atoms with Crippen LogP contribution in [0.15, 0.2) is 12.4 Å². The van der Waals surface area contributed by atoms with Crippen molar-refractivity contribution in [3.05, 3.63) is 18.0 Å². The number of carbonyl (C=O) groups is 1. The zero-order valence-corrected chi connectivity index (χ0v) is 10.5. The molecule has 1 unspecified atom stereocenters. The van der Waals surface area contributed by atoms with Crippen molar-refractivity contribution in [1.29, 1.82) is 0 Å². The second-order valence-corrected chi connectivity index (χ2v) is 5.65. The smallest absolute Gasteiger partial charge is 0.146 e. The quantitative estimate of drug-likeness (QED) is 0.806. The van der Waals surface area contributed by atoms with Gasteiger partial charge in [0.2, 0.25) is 0 Å². The highest BCUT2D eigenvalue weighted by molar-refractivity contribution is 8.00. The molecule has 1 atom stereocenters. The average molecular weight is 238 g/mol. The van der Waals surface area contributed by atoms with Crippen LogP contribution in [-0.2, 0) is 18.3 Å². The molecule has 1 aliphatic rings. The number of thioether (sulfide) groups is 1. The zero-order valence-electron chi connectivity index (χ0n) is 9.69. The lowest BCUT2D eigenvalue weighted by atomic mass is 10.0. The third kappa shape index (κ3) is 3.11. The Morgan fingerprint density at radius 1 is 1.62 bits per heavy atom. The van der Waals surface area contributed by atoms with Crippen molar-refractivity contribution >= 4 is 17.5 Å². The van der Waals surface area contributed by atoms with Crippen LogP contribution in [0.4, 0.5) is 0 Å². The van der Waals surface area contributed by atoms with Crippen LogP contribution in [0.2, 0.25) is 0 Å². The molecule has 1 aromatic rings.